The maximum atomic E-state index is 10.1. The van der Waals surface area contributed by atoms with Crippen molar-refractivity contribution in [3.63, 3.8) is 0 Å². The first-order valence-electron chi connectivity index (χ1n) is 11.2. The van der Waals surface area contributed by atoms with Crippen LogP contribution in [0.1, 0.15) is 61.6 Å². The van der Waals surface area contributed by atoms with Crippen molar-refractivity contribution in [2.75, 3.05) is 7.11 Å². The second-order valence-corrected chi connectivity index (χ2v) is 9.82. The van der Waals surface area contributed by atoms with Crippen LogP contribution in [0.4, 0.5) is 0 Å². The quantitative estimate of drug-likeness (QED) is 0.732. The minimum Gasteiger partial charge on any atom is -0.508 e. The van der Waals surface area contributed by atoms with E-state index in [1.54, 1.807) is 18.7 Å². The highest BCUT2D eigenvalue weighted by atomic mass is 16.5. The number of rotatable bonds is 4. The monoisotopic (exact) mass is 391 g/mol. The molecule has 0 spiro atoms. The number of hydrogen-bond donors (Lipinski definition) is 2. The van der Waals surface area contributed by atoms with E-state index in [4.69, 9.17) is 4.74 Å². The summed E-state index contributed by atoms with van der Waals surface area (Å²) in [4.78, 5) is 0. The molecule has 3 aliphatic rings. The van der Waals surface area contributed by atoms with Crippen molar-refractivity contribution in [3.05, 3.63) is 59.2 Å². The van der Waals surface area contributed by atoms with Crippen molar-refractivity contribution in [1.82, 2.24) is 5.32 Å². The van der Waals surface area contributed by atoms with Crippen LogP contribution in [-0.2, 0) is 13.0 Å². The van der Waals surface area contributed by atoms with Gasteiger partial charge in [0.25, 0.3) is 0 Å². The highest BCUT2D eigenvalue weighted by Gasteiger charge is 2.52. The lowest BCUT2D eigenvalue weighted by Gasteiger charge is -2.49. The summed E-state index contributed by atoms with van der Waals surface area (Å²) < 4.78 is 5.46. The second kappa shape index (κ2) is 7.36. The maximum absolute atomic E-state index is 10.1. The average molecular weight is 392 g/mol. The van der Waals surface area contributed by atoms with Gasteiger partial charge in [0, 0.05) is 18.2 Å². The average Bonchev–Trinajstić information content (AvgIpc) is 3.09. The van der Waals surface area contributed by atoms with Crippen molar-refractivity contribution >= 4 is 0 Å². The van der Waals surface area contributed by atoms with Gasteiger partial charge in [-0.15, -0.1) is 0 Å². The Morgan fingerprint density at radius 1 is 1.17 bits per heavy atom. The lowest BCUT2D eigenvalue weighted by molar-refractivity contribution is 0.0598. The Balaban J connectivity index is 1.31. The fourth-order valence-electron chi connectivity index (χ4n) is 6.82. The van der Waals surface area contributed by atoms with E-state index >= 15 is 0 Å². The van der Waals surface area contributed by atoms with Crippen LogP contribution >= 0.6 is 0 Å². The molecule has 0 radical (unpaired) electrons. The summed E-state index contributed by atoms with van der Waals surface area (Å²) in [6, 6.07) is 15.0. The van der Waals surface area contributed by atoms with Gasteiger partial charge in [-0.05, 0) is 91.0 Å². The third kappa shape index (κ3) is 3.34. The van der Waals surface area contributed by atoms with Gasteiger partial charge in [-0.2, -0.15) is 0 Å². The van der Waals surface area contributed by atoms with Gasteiger partial charge in [0.05, 0.1) is 7.11 Å². The molecule has 5 rings (SSSR count). The number of para-hydroxylation sites is 1. The number of benzene rings is 2. The molecule has 0 aliphatic heterocycles. The Morgan fingerprint density at radius 3 is 2.86 bits per heavy atom. The third-order valence-electron chi connectivity index (χ3n) is 8.28. The molecule has 2 N–H and O–H groups in total. The molecule has 2 fully saturated rings. The summed E-state index contributed by atoms with van der Waals surface area (Å²) in [7, 11) is 1.76. The van der Waals surface area contributed by atoms with Crippen LogP contribution in [0.15, 0.2) is 42.5 Å². The fraction of sp³-hybridized carbons (Fsp3) is 0.538. The van der Waals surface area contributed by atoms with E-state index in [9.17, 15) is 5.11 Å². The molecule has 3 nitrogen and oxygen atoms in total. The van der Waals surface area contributed by atoms with Crippen LogP contribution in [-0.4, -0.2) is 18.3 Å². The largest absolute Gasteiger partial charge is 0.508 e. The van der Waals surface area contributed by atoms with Crippen molar-refractivity contribution in [1.29, 1.82) is 0 Å². The molecular formula is C26H33NO2. The van der Waals surface area contributed by atoms with E-state index in [0.29, 0.717) is 17.2 Å². The van der Waals surface area contributed by atoms with Crippen LogP contribution in [0.5, 0.6) is 11.5 Å². The Labute approximate surface area is 174 Å². The van der Waals surface area contributed by atoms with Gasteiger partial charge in [0.2, 0.25) is 0 Å². The summed E-state index contributed by atoms with van der Waals surface area (Å²) in [6.45, 7) is 3.30. The minimum atomic E-state index is 0.404. The molecule has 0 amide bonds. The molecule has 2 aromatic carbocycles. The number of aryl methyl sites for hydroxylation is 1. The van der Waals surface area contributed by atoms with Crippen LogP contribution in [0, 0.1) is 17.3 Å². The highest BCUT2D eigenvalue weighted by molar-refractivity contribution is 5.40. The summed E-state index contributed by atoms with van der Waals surface area (Å²) in [6.07, 6.45) is 7.70. The Bertz CT molecular complexity index is 894. The lowest BCUT2D eigenvalue weighted by Crippen LogP contribution is -2.39. The Kier molecular flexibility index (Phi) is 4.82. The van der Waals surface area contributed by atoms with Gasteiger partial charge in [-0.25, -0.2) is 0 Å². The molecule has 3 heteroatoms. The van der Waals surface area contributed by atoms with E-state index in [0.717, 1.165) is 35.6 Å². The normalized spacial score (nSPS) is 32.9. The number of phenolic OH excluding ortho intramolecular Hbond substituents is 1. The minimum absolute atomic E-state index is 0.404. The number of aromatic hydroxyl groups is 1. The van der Waals surface area contributed by atoms with E-state index in [2.05, 4.69) is 30.4 Å². The second-order valence-electron chi connectivity index (χ2n) is 9.82. The zero-order chi connectivity index (χ0) is 20.0. The summed E-state index contributed by atoms with van der Waals surface area (Å²) >= 11 is 0. The zero-order valence-corrected chi connectivity index (χ0v) is 17.7. The number of ether oxygens (including phenoxy) is 1. The van der Waals surface area contributed by atoms with Gasteiger partial charge in [0.1, 0.15) is 11.5 Å². The molecule has 0 saturated heterocycles. The molecule has 5 atom stereocenters. The van der Waals surface area contributed by atoms with E-state index in [1.165, 1.54) is 44.1 Å². The molecule has 0 heterocycles. The third-order valence-corrected chi connectivity index (χ3v) is 8.28. The molecule has 154 valence electrons. The molecular weight excluding hydrogens is 358 g/mol. The van der Waals surface area contributed by atoms with Gasteiger partial charge in [-0.1, -0.05) is 31.2 Å². The number of phenols is 1. The van der Waals surface area contributed by atoms with Gasteiger partial charge >= 0.3 is 0 Å². The Morgan fingerprint density at radius 2 is 2.03 bits per heavy atom. The summed E-state index contributed by atoms with van der Waals surface area (Å²) in [5, 5.41) is 13.9. The number of methoxy groups -OCH3 is 1. The first-order chi connectivity index (χ1) is 14.1. The summed E-state index contributed by atoms with van der Waals surface area (Å²) in [5.74, 6) is 3.74. The summed E-state index contributed by atoms with van der Waals surface area (Å²) in [5.41, 5.74) is 4.57. The van der Waals surface area contributed by atoms with E-state index in [1.807, 2.05) is 18.2 Å². The molecule has 0 aromatic heterocycles. The smallest absolute Gasteiger partial charge is 0.120 e. The van der Waals surface area contributed by atoms with Gasteiger partial charge in [-0.3, -0.25) is 0 Å². The topological polar surface area (TPSA) is 41.5 Å². The predicted molar refractivity (Wildman–Crippen MR) is 116 cm³/mol. The molecule has 2 saturated carbocycles. The number of nitrogens with one attached hydrogen (secondary N) is 1. The molecule has 2 aromatic rings. The maximum Gasteiger partial charge on any atom is 0.120 e. The molecule has 0 unspecified atom stereocenters. The zero-order valence-electron chi connectivity index (χ0n) is 17.7. The van der Waals surface area contributed by atoms with Crippen molar-refractivity contribution in [3.8, 4) is 11.5 Å². The number of hydrogen-bond acceptors (Lipinski definition) is 3. The van der Waals surface area contributed by atoms with E-state index in [-0.39, 0.29) is 0 Å². The van der Waals surface area contributed by atoms with Crippen molar-refractivity contribution < 1.29 is 9.84 Å². The van der Waals surface area contributed by atoms with Crippen LogP contribution in [0.2, 0.25) is 0 Å². The van der Waals surface area contributed by atoms with Gasteiger partial charge in [0.15, 0.2) is 0 Å². The first-order valence-corrected chi connectivity index (χ1v) is 11.2. The molecule has 29 heavy (non-hydrogen) atoms. The predicted octanol–water partition coefficient (Wildman–Crippen LogP) is 5.42. The highest BCUT2D eigenvalue weighted by Crippen LogP contribution is 2.61. The molecule has 3 aliphatic carbocycles. The van der Waals surface area contributed by atoms with Crippen molar-refractivity contribution in [2.24, 2.45) is 17.3 Å². The van der Waals surface area contributed by atoms with Gasteiger partial charge < -0.3 is 15.2 Å². The van der Waals surface area contributed by atoms with Crippen LogP contribution in [0.25, 0.3) is 0 Å². The molecule has 0 bridgehead atoms. The number of fused-ring (bicyclic) bond motifs is 5. The Hall–Kier alpha value is -2.00. The van der Waals surface area contributed by atoms with Crippen LogP contribution in [0.3, 0.4) is 0 Å². The van der Waals surface area contributed by atoms with Crippen molar-refractivity contribution in [2.45, 2.75) is 64.0 Å². The SMILES string of the molecule is COc1ccc2c(c1)CC[C@@H]1[C@@H]2CC[C@]2(C)C[C@H](NCc3ccccc3O)C[C@@H]12. The van der Waals surface area contributed by atoms with E-state index < -0.39 is 0 Å². The lowest BCUT2D eigenvalue weighted by atomic mass is 9.56. The van der Waals surface area contributed by atoms with Crippen LogP contribution < -0.4 is 10.1 Å². The fourth-order valence-corrected chi connectivity index (χ4v) is 6.82. The first kappa shape index (κ1) is 19.0. The standard InChI is InChI=1S/C26H33NO2/c1-26-12-11-22-21-10-8-20(29-2)13-17(21)7-9-23(22)24(26)14-19(15-26)27-16-18-5-3-4-6-25(18)28/h3-6,8,10,13,19,22-24,27-28H,7,9,11-12,14-16H2,1-2H3/t19-,22-,23-,24+,26-/m1/s1.